The van der Waals surface area contributed by atoms with Crippen LogP contribution in [0.4, 0.5) is 0 Å². The van der Waals surface area contributed by atoms with E-state index in [4.69, 9.17) is 18.7 Å². The topological polar surface area (TPSA) is 74.2 Å². The van der Waals surface area contributed by atoms with Crippen LogP contribution in [0.25, 0.3) is 0 Å². The van der Waals surface area contributed by atoms with Gasteiger partial charge in [0.1, 0.15) is 26.2 Å². The predicted molar refractivity (Wildman–Crippen MR) is 130 cm³/mol. The van der Waals surface area contributed by atoms with E-state index in [9.17, 15) is 9.46 Å². The van der Waals surface area contributed by atoms with Gasteiger partial charge in [-0.1, -0.05) is 90.4 Å². The van der Waals surface area contributed by atoms with E-state index in [0.29, 0.717) is 13.2 Å². The second kappa shape index (κ2) is 17.6. The maximum absolute atomic E-state index is 11.8. The molecular weight excluding hydrogens is 414 g/mol. The van der Waals surface area contributed by atoms with Gasteiger partial charge in [-0.15, -0.1) is 0 Å². The summed E-state index contributed by atoms with van der Waals surface area (Å²) in [5.41, 5.74) is 0. The number of hydrogen-bond acceptors (Lipinski definition) is 5. The molecule has 1 saturated heterocycles. The minimum Gasteiger partial charge on any atom is -0.382 e. The van der Waals surface area contributed by atoms with E-state index in [1.807, 2.05) is 7.85 Å². The molecule has 1 heterocycles. The van der Waals surface area contributed by atoms with Gasteiger partial charge in [-0.25, -0.2) is 0 Å². The molecule has 0 aliphatic carbocycles. The Morgan fingerprint density at radius 1 is 0.871 bits per heavy atom. The van der Waals surface area contributed by atoms with Gasteiger partial charge in [-0.3, -0.25) is 9.09 Å². The number of ether oxygens (including phenoxy) is 3. The maximum Gasteiger partial charge on any atom is 0.325 e. The van der Waals surface area contributed by atoms with Gasteiger partial charge in [0.15, 0.2) is 0 Å². The van der Waals surface area contributed by atoms with Crippen molar-refractivity contribution >= 4 is 15.4 Å². The smallest absolute Gasteiger partial charge is 0.325 e. The zero-order chi connectivity index (χ0) is 23.0. The second-order valence-corrected chi connectivity index (χ2v) is 11.0. The van der Waals surface area contributed by atoms with E-state index in [-0.39, 0.29) is 18.2 Å². The van der Waals surface area contributed by atoms with Crippen molar-refractivity contribution in [3.05, 3.63) is 0 Å². The Morgan fingerprint density at radius 2 is 1.35 bits per heavy atom. The largest absolute Gasteiger partial charge is 0.382 e. The zero-order valence-electron chi connectivity index (χ0n) is 20.6. The van der Waals surface area contributed by atoms with E-state index < -0.39 is 13.7 Å². The van der Waals surface area contributed by atoms with E-state index in [2.05, 4.69) is 6.92 Å². The Hall–Kier alpha value is 0.0949. The molecule has 1 fully saturated rings. The summed E-state index contributed by atoms with van der Waals surface area (Å²) in [4.78, 5) is 9.65. The summed E-state index contributed by atoms with van der Waals surface area (Å²) in [6, 6.07) is -0.191. The molecule has 0 radical (unpaired) electrons. The first-order valence-corrected chi connectivity index (χ1v) is 14.7. The first-order chi connectivity index (χ1) is 14.9. The standard InChI is InChI=1S/C23H48BO6P/c1-4-5-6-7-8-9-10-11-12-13-14-15-16-17-18-28-22-21(30-31(3,25)26)20(19-27-2)29-23(22)24/h20-23H,4-19,24H2,1-3H3,(H,25,26). The van der Waals surface area contributed by atoms with Crippen LogP contribution < -0.4 is 0 Å². The zero-order valence-corrected chi connectivity index (χ0v) is 21.5. The van der Waals surface area contributed by atoms with Crippen molar-refractivity contribution in [3.63, 3.8) is 0 Å². The molecule has 1 rings (SSSR count). The van der Waals surface area contributed by atoms with Crippen LogP contribution in [-0.4, -0.2) is 64.0 Å². The van der Waals surface area contributed by atoms with E-state index in [1.54, 1.807) is 7.11 Å². The Kier molecular flexibility index (Phi) is 16.5. The molecule has 5 atom stereocenters. The van der Waals surface area contributed by atoms with Gasteiger partial charge in [0, 0.05) is 20.4 Å². The Morgan fingerprint density at radius 3 is 1.81 bits per heavy atom. The quantitative estimate of drug-likeness (QED) is 0.155. The lowest BCUT2D eigenvalue weighted by Gasteiger charge is -2.25. The molecule has 0 bridgehead atoms. The van der Waals surface area contributed by atoms with Gasteiger partial charge in [-0.2, -0.15) is 0 Å². The summed E-state index contributed by atoms with van der Waals surface area (Å²) in [6.07, 6.45) is 17.2. The molecule has 0 saturated carbocycles. The van der Waals surface area contributed by atoms with Crippen LogP contribution in [0.2, 0.25) is 0 Å². The molecule has 184 valence electrons. The molecule has 1 aliphatic rings. The molecule has 0 amide bonds. The van der Waals surface area contributed by atoms with Crippen molar-refractivity contribution in [2.45, 2.75) is 121 Å². The molecule has 1 aliphatic heterocycles. The summed E-state index contributed by atoms with van der Waals surface area (Å²) >= 11 is 0. The summed E-state index contributed by atoms with van der Waals surface area (Å²) < 4.78 is 34.2. The number of hydrogen-bond donors (Lipinski definition) is 1. The first-order valence-electron chi connectivity index (χ1n) is 12.6. The molecule has 1 N–H and O–H groups in total. The van der Waals surface area contributed by atoms with Crippen LogP contribution in [0.15, 0.2) is 0 Å². The molecule has 0 aromatic heterocycles. The summed E-state index contributed by atoms with van der Waals surface area (Å²) in [5, 5.41) is 0. The van der Waals surface area contributed by atoms with Crippen molar-refractivity contribution < 1.29 is 28.2 Å². The minimum absolute atomic E-state index is 0.191. The third kappa shape index (κ3) is 14.1. The molecule has 0 aromatic rings. The molecule has 31 heavy (non-hydrogen) atoms. The van der Waals surface area contributed by atoms with Crippen molar-refractivity contribution in [3.8, 4) is 0 Å². The average Bonchev–Trinajstić information content (AvgIpc) is 2.98. The predicted octanol–water partition coefficient (Wildman–Crippen LogP) is 5.06. The van der Waals surface area contributed by atoms with Crippen LogP contribution in [0.5, 0.6) is 0 Å². The van der Waals surface area contributed by atoms with Gasteiger partial charge < -0.3 is 19.1 Å². The number of unbranched alkanes of at least 4 members (excludes halogenated alkanes) is 13. The van der Waals surface area contributed by atoms with Crippen molar-refractivity contribution in [1.82, 2.24) is 0 Å². The lowest BCUT2D eigenvalue weighted by atomic mass is 9.93. The molecular formula is C23H48BO6P. The first kappa shape index (κ1) is 29.1. The highest BCUT2D eigenvalue weighted by Gasteiger charge is 2.46. The molecule has 0 aromatic carbocycles. The second-order valence-electron chi connectivity index (χ2n) is 9.14. The number of rotatable bonds is 20. The third-order valence-corrected chi connectivity index (χ3v) is 6.63. The van der Waals surface area contributed by atoms with E-state index in [0.717, 1.165) is 12.8 Å². The van der Waals surface area contributed by atoms with Gasteiger partial charge in [0.25, 0.3) is 0 Å². The van der Waals surface area contributed by atoms with E-state index in [1.165, 1.54) is 83.7 Å². The normalized spacial score (nSPS) is 25.7. The fraction of sp³-hybridized carbons (Fsp3) is 1.00. The van der Waals surface area contributed by atoms with Crippen molar-refractivity contribution in [1.29, 1.82) is 0 Å². The van der Waals surface area contributed by atoms with Crippen LogP contribution >= 0.6 is 7.60 Å². The average molecular weight is 462 g/mol. The fourth-order valence-corrected chi connectivity index (χ4v) is 5.02. The summed E-state index contributed by atoms with van der Waals surface area (Å²) in [6.45, 7) is 4.40. The Labute approximate surface area is 192 Å². The van der Waals surface area contributed by atoms with Crippen LogP contribution in [0.1, 0.15) is 96.8 Å². The van der Waals surface area contributed by atoms with Gasteiger partial charge in [-0.05, 0) is 6.42 Å². The van der Waals surface area contributed by atoms with E-state index >= 15 is 0 Å². The Bertz CT molecular complexity index is 475. The van der Waals surface area contributed by atoms with Crippen molar-refractivity contribution in [2.24, 2.45) is 0 Å². The molecule has 0 spiro atoms. The van der Waals surface area contributed by atoms with Crippen molar-refractivity contribution in [2.75, 3.05) is 27.0 Å². The monoisotopic (exact) mass is 462 g/mol. The highest BCUT2D eigenvalue weighted by molar-refractivity contribution is 7.51. The molecule has 6 nitrogen and oxygen atoms in total. The SMILES string of the molecule is BC1OC(COC)C(OP(C)(=O)O)C1OCCCCCCCCCCCCCCCC. The summed E-state index contributed by atoms with van der Waals surface area (Å²) in [7, 11) is -0.132. The number of methoxy groups -OCH3 is 1. The van der Waals surface area contributed by atoms with Crippen LogP contribution in [-0.2, 0) is 23.3 Å². The van der Waals surface area contributed by atoms with Crippen LogP contribution in [0.3, 0.4) is 0 Å². The Balaban J connectivity index is 2.06. The van der Waals surface area contributed by atoms with Gasteiger partial charge in [0.2, 0.25) is 0 Å². The maximum atomic E-state index is 11.8. The van der Waals surface area contributed by atoms with Gasteiger partial charge in [0.05, 0.1) is 12.6 Å². The minimum atomic E-state index is -3.63. The third-order valence-electron chi connectivity index (χ3n) is 6.00. The van der Waals surface area contributed by atoms with Gasteiger partial charge >= 0.3 is 7.60 Å². The summed E-state index contributed by atoms with van der Waals surface area (Å²) in [5.74, 6) is 0. The lowest BCUT2D eigenvalue weighted by Crippen LogP contribution is -2.38. The fourth-order valence-electron chi connectivity index (χ4n) is 4.31. The van der Waals surface area contributed by atoms with Crippen LogP contribution in [0, 0.1) is 0 Å². The molecule has 5 unspecified atom stereocenters. The molecule has 8 heteroatoms. The lowest BCUT2D eigenvalue weighted by molar-refractivity contribution is -0.0250. The highest BCUT2D eigenvalue weighted by Crippen LogP contribution is 2.42. The highest BCUT2D eigenvalue weighted by atomic mass is 31.2.